The maximum absolute atomic E-state index is 13.7. The summed E-state index contributed by atoms with van der Waals surface area (Å²) in [4.78, 5) is 30.0. The Morgan fingerprint density at radius 3 is 2.66 bits per heavy atom. The molecule has 1 amide bonds. The fraction of sp³-hybridized carbons (Fsp3) is 0.429. The molecule has 8 nitrogen and oxygen atoms in total. The first-order chi connectivity index (χ1) is 18.4. The topological polar surface area (TPSA) is 83.5 Å². The Balaban J connectivity index is 1.25. The molecule has 10 heteroatoms. The van der Waals surface area contributed by atoms with Crippen molar-refractivity contribution >= 4 is 28.2 Å². The van der Waals surface area contributed by atoms with Gasteiger partial charge in [0, 0.05) is 48.7 Å². The van der Waals surface area contributed by atoms with Gasteiger partial charge in [0.2, 0.25) is 5.91 Å². The SMILES string of the molecule is CN1CCC2(CC2C(=O)Nc2cc3c(C#Cc4ccc(N5CCOCC5)cn4)cnc(C(F)F)c3cn2)C1. The molecule has 2 saturated heterocycles. The summed E-state index contributed by atoms with van der Waals surface area (Å²) >= 11 is 0. The molecule has 1 saturated carbocycles. The number of pyridine rings is 3. The van der Waals surface area contributed by atoms with E-state index >= 15 is 0 Å². The molecular formula is C28H28F2N6O2. The molecule has 0 aromatic carbocycles. The van der Waals surface area contributed by atoms with E-state index in [1.54, 1.807) is 12.3 Å². The quantitative estimate of drug-likeness (QED) is 0.530. The summed E-state index contributed by atoms with van der Waals surface area (Å²) in [5.74, 6) is 6.23. The van der Waals surface area contributed by atoms with Gasteiger partial charge in [0.25, 0.3) is 6.43 Å². The Morgan fingerprint density at radius 2 is 1.95 bits per heavy atom. The summed E-state index contributed by atoms with van der Waals surface area (Å²) in [6.45, 7) is 4.91. The fourth-order valence-corrected chi connectivity index (χ4v) is 5.59. The standard InChI is InChI=1S/C28H28F2N6O2/c1-35-7-6-28(17-35)13-23(28)27(37)34-24-12-21-18(14-33-25(26(29)30)22(21)16-32-24)2-3-19-4-5-20(15-31-19)36-8-10-38-11-9-36/h4-5,12,14-16,23,26H,6-11,13,17H2,1H3,(H,32,34,37). The van der Waals surface area contributed by atoms with Crippen LogP contribution in [0.2, 0.25) is 0 Å². The van der Waals surface area contributed by atoms with Crippen molar-refractivity contribution in [2.75, 3.05) is 56.7 Å². The highest BCUT2D eigenvalue weighted by Gasteiger charge is 2.60. The molecule has 0 bridgehead atoms. The summed E-state index contributed by atoms with van der Waals surface area (Å²) < 4.78 is 32.7. The first kappa shape index (κ1) is 24.6. The minimum atomic E-state index is -2.76. The minimum Gasteiger partial charge on any atom is -0.378 e. The van der Waals surface area contributed by atoms with Crippen LogP contribution in [-0.2, 0) is 9.53 Å². The number of halogens is 2. The van der Waals surface area contributed by atoms with Crippen molar-refractivity contribution in [3.8, 4) is 11.8 Å². The highest BCUT2D eigenvalue weighted by molar-refractivity contribution is 5.97. The highest BCUT2D eigenvalue weighted by Crippen LogP contribution is 2.58. The molecule has 38 heavy (non-hydrogen) atoms. The number of morpholine rings is 1. The highest BCUT2D eigenvalue weighted by atomic mass is 19.3. The van der Waals surface area contributed by atoms with Crippen LogP contribution in [-0.4, -0.2) is 72.2 Å². The molecule has 196 valence electrons. The zero-order valence-corrected chi connectivity index (χ0v) is 21.1. The monoisotopic (exact) mass is 518 g/mol. The summed E-state index contributed by atoms with van der Waals surface area (Å²) in [6.07, 6.45) is 3.57. The second-order valence-corrected chi connectivity index (χ2v) is 10.3. The number of nitrogens with zero attached hydrogens (tertiary/aromatic N) is 5. The Hall–Kier alpha value is -3.68. The number of alkyl halides is 2. The molecule has 2 unspecified atom stereocenters. The number of carbonyl (C=O) groups is 1. The number of aromatic nitrogens is 3. The molecule has 0 radical (unpaired) electrons. The predicted octanol–water partition coefficient (Wildman–Crippen LogP) is 3.48. The van der Waals surface area contributed by atoms with Gasteiger partial charge in [-0.2, -0.15) is 0 Å². The van der Waals surface area contributed by atoms with E-state index in [1.807, 2.05) is 12.1 Å². The lowest BCUT2D eigenvalue weighted by atomic mass is 10.0. The zero-order chi connectivity index (χ0) is 26.3. The van der Waals surface area contributed by atoms with Crippen molar-refractivity contribution in [3.05, 3.63) is 53.7 Å². The normalized spacial score (nSPS) is 23.1. The molecule has 2 atom stereocenters. The molecule has 3 aliphatic rings. The Labute approximate surface area is 219 Å². The summed E-state index contributed by atoms with van der Waals surface area (Å²) in [6, 6.07) is 5.40. The largest absolute Gasteiger partial charge is 0.378 e. The van der Waals surface area contributed by atoms with Gasteiger partial charge in [-0.1, -0.05) is 5.92 Å². The van der Waals surface area contributed by atoms with Crippen molar-refractivity contribution in [1.82, 2.24) is 19.9 Å². The molecule has 3 aromatic rings. The lowest BCUT2D eigenvalue weighted by molar-refractivity contribution is -0.118. The molecule has 3 fully saturated rings. The van der Waals surface area contributed by atoms with Gasteiger partial charge in [0.15, 0.2) is 0 Å². The third kappa shape index (κ3) is 4.79. The lowest BCUT2D eigenvalue weighted by Gasteiger charge is -2.28. The Morgan fingerprint density at radius 1 is 1.11 bits per heavy atom. The van der Waals surface area contributed by atoms with E-state index in [1.165, 1.54) is 12.4 Å². The van der Waals surface area contributed by atoms with E-state index in [2.05, 4.69) is 49.0 Å². The smallest absolute Gasteiger partial charge is 0.281 e. The van der Waals surface area contributed by atoms with Crippen LogP contribution in [0, 0.1) is 23.2 Å². The number of fused-ring (bicyclic) bond motifs is 1. The number of carbonyl (C=O) groups excluding carboxylic acids is 1. The van der Waals surface area contributed by atoms with Crippen LogP contribution in [0.4, 0.5) is 20.3 Å². The van der Waals surface area contributed by atoms with Crippen molar-refractivity contribution in [3.63, 3.8) is 0 Å². The van der Waals surface area contributed by atoms with Crippen LogP contribution in [0.3, 0.4) is 0 Å². The number of anilines is 2. The van der Waals surface area contributed by atoms with E-state index in [-0.39, 0.29) is 28.3 Å². The number of rotatable bonds is 4. The van der Waals surface area contributed by atoms with Gasteiger partial charge in [-0.3, -0.25) is 9.78 Å². The van der Waals surface area contributed by atoms with E-state index < -0.39 is 6.43 Å². The van der Waals surface area contributed by atoms with Gasteiger partial charge in [0.05, 0.1) is 30.7 Å². The summed E-state index contributed by atoms with van der Waals surface area (Å²) in [7, 11) is 2.07. The van der Waals surface area contributed by atoms with Gasteiger partial charge in [-0.25, -0.2) is 18.7 Å². The van der Waals surface area contributed by atoms with Crippen LogP contribution in [0.5, 0.6) is 0 Å². The molecular weight excluding hydrogens is 490 g/mol. The number of amides is 1. The lowest BCUT2D eigenvalue weighted by Crippen LogP contribution is -2.36. The van der Waals surface area contributed by atoms with E-state index in [4.69, 9.17) is 4.74 Å². The summed E-state index contributed by atoms with van der Waals surface area (Å²) in [5.41, 5.74) is 1.71. The fourth-order valence-electron chi connectivity index (χ4n) is 5.59. The van der Waals surface area contributed by atoms with Crippen molar-refractivity contribution in [1.29, 1.82) is 0 Å². The predicted molar refractivity (Wildman–Crippen MR) is 139 cm³/mol. The van der Waals surface area contributed by atoms with Gasteiger partial charge >= 0.3 is 0 Å². The van der Waals surface area contributed by atoms with Crippen LogP contribution in [0.25, 0.3) is 10.8 Å². The first-order valence-corrected chi connectivity index (χ1v) is 12.8. The van der Waals surface area contributed by atoms with Crippen LogP contribution >= 0.6 is 0 Å². The van der Waals surface area contributed by atoms with Gasteiger partial charge in [0.1, 0.15) is 17.2 Å². The molecule has 1 spiro atoms. The zero-order valence-electron chi connectivity index (χ0n) is 21.1. The van der Waals surface area contributed by atoms with Gasteiger partial charge in [-0.05, 0) is 56.0 Å². The third-order valence-corrected chi connectivity index (χ3v) is 7.79. The second-order valence-electron chi connectivity index (χ2n) is 10.3. The van der Waals surface area contributed by atoms with Crippen molar-refractivity contribution in [2.45, 2.75) is 19.3 Å². The molecule has 1 N–H and O–H groups in total. The first-order valence-electron chi connectivity index (χ1n) is 12.8. The van der Waals surface area contributed by atoms with Crippen molar-refractivity contribution < 1.29 is 18.3 Å². The number of likely N-dealkylation sites (tertiary alicyclic amines) is 1. The number of nitrogens with one attached hydrogen (secondary N) is 1. The molecule has 3 aromatic heterocycles. The maximum Gasteiger partial charge on any atom is 0.281 e. The molecule has 6 rings (SSSR count). The van der Waals surface area contributed by atoms with E-state index in [9.17, 15) is 13.6 Å². The van der Waals surface area contributed by atoms with Crippen LogP contribution < -0.4 is 10.2 Å². The maximum atomic E-state index is 13.7. The number of ether oxygens (including phenoxy) is 1. The average Bonchev–Trinajstić information content (AvgIpc) is 3.52. The minimum absolute atomic E-state index is 0.0511. The Kier molecular flexibility index (Phi) is 6.41. The van der Waals surface area contributed by atoms with Crippen molar-refractivity contribution in [2.24, 2.45) is 11.3 Å². The average molecular weight is 519 g/mol. The molecule has 5 heterocycles. The van der Waals surface area contributed by atoms with E-state index in [0.717, 1.165) is 44.7 Å². The molecule has 2 aliphatic heterocycles. The van der Waals surface area contributed by atoms with Gasteiger partial charge < -0.3 is 19.9 Å². The second kappa shape index (κ2) is 9.89. The third-order valence-electron chi connectivity index (χ3n) is 7.79. The van der Waals surface area contributed by atoms with E-state index in [0.29, 0.717) is 35.7 Å². The van der Waals surface area contributed by atoms with Crippen LogP contribution in [0.1, 0.15) is 36.2 Å². The number of hydrogen-bond acceptors (Lipinski definition) is 7. The summed E-state index contributed by atoms with van der Waals surface area (Å²) in [5, 5.41) is 3.57. The number of hydrogen-bond donors (Lipinski definition) is 1. The van der Waals surface area contributed by atoms with Crippen LogP contribution in [0.15, 0.2) is 36.8 Å². The van der Waals surface area contributed by atoms with Gasteiger partial charge in [-0.15, -0.1) is 0 Å². The molecule has 1 aliphatic carbocycles. The Bertz CT molecular complexity index is 1430.